The number of pyridine rings is 1. The summed E-state index contributed by atoms with van der Waals surface area (Å²) in [5.41, 5.74) is 0.217. The molecule has 1 aromatic carbocycles. The summed E-state index contributed by atoms with van der Waals surface area (Å²) < 4.78 is 49.3. The zero-order chi connectivity index (χ0) is 22.9. The molecule has 0 aliphatic heterocycles. The van der Waals surface area contributed by atoms with E-state index in [0.29, 0.717) is 41.4 Å². The number of carbonyl (C=O) groups is 1. The van der Waals surface area contributed by atoms with E-state index in [1.54, 1.807) is 6.07 Å². The lowest BCUT2D eigenvalue weighted by Crippen LogP contribution is -2.13. The predicted molar refractivity (Wildman–Crippen MR) is 117 cm³/mol. The Balaban J connectivity index is 1.56. The van der Waals surface area contributed by atoms with Gasteiger partial charge >= 0.3 is 0 Å². The van der Waals surface area contributed by atoms with Gasteiger partial charge in [0.2, 0.25) is 0 Å². The van der Waals surface area contributed by atoms with Crippen molar-refractivity contribution in [2.24, 2.45) is 0 Å². The van der Waals surface area contributed by atoms with Gasteiger partial charge in [-0.2, -0.15) is 4.39 Å². The van der Waals surface area contributed by atoms with Crippen LogP contribution in [0.1, 0.15) is 37.0 Å². The van der Waals surface area contributed by atoms with Crippen LogP contribution in [0.3, 0.4) is 0 Å². The fourth-order valence-electron chi connectivity index (χ4n) is 2.86. The van der Waals surface area contributed by atoms with Crippen LogP contribution in [0.5, 0.6) is 17.2 Å². The Labute approximate surface area is 188 Å². The molecule has 1 aliphatic rings. The second-order valence-electron chi connectivity index (χ2n) is 7.46. The summed E-state index contributed by atoms with van der Waals surface area (Å²) in [5, 5.41) is 1.81. The van der Waals surface area contributed by atoms with Crippen LogP contribution >= 0.6 is 11.3 Å². The van der Waals surface area contributed by atoms with E-state index >= 15 is 0 Å². The average molecular weight is 478 g/mol. The quantitative estimate of drug-likeness (QED) is 0.511. The van der Waals surface area contributed by atoms with Gasteiger partial charge in [0, 0.05) is 11.6 Å². The van der Waals surface area contributed by atoms with Crippen LogP contribution in [0, 0.1) is 5.13 Å². The lowest BCUT2D eigenvalue weighted by Gasteiger charge is -2.14. The number of carbonyl (C=O) groups excluding carboxylic acids is 1. The number of thiazole rings is 1. The number of anilines is 1. The van der Waals surface area contributed by atoms with E-state index in [1.165, 1.54) is 30.5 Å². The van der Waals surface area contributed by atoms with Crippen molar-refractivity contribution in [2.75, 3.05) is 5.32 Å². The second kappa shape index (κ2) is 8.83. The zero-order valence-corrected chi connectivity index (χ0v) is 18.9. The summed E-state index contributed by atoms with van der Waals surface area (Å²) in [4.78, 5) is 20.4. The highest BCUT2D eigenvalue weighted by atomic mass is 32.2. The van der Waals surface area contributed by atoms with E-state index in [0.717, 1.165) is 6.20 Å². The largest absolute Gasteiger partial charge is 0.491 e. The van der Waals surface area contributed by atoms with Crippen LogP contribution in [-0.4, -0.2) is 35.6 Å². The van der Waals surface area contributed by atoms with Crippen molar-refractivity contribution < 1.29 is 27.1 Å². The number of rotatable bonds is 8. The summed E-state index contributed by atoms with van der Waals surface area (Å²) in [5.74, 6) is 0.476. The van der Waals surface area contributed by atoms with Gasteiger partial charge in [-0.25, -0.2) is 18.4 Å². The normalized spacial score (nSPS) is 13.8. The lowest BCUT2D eigenvalue weighted by atomic mass is 10.2. The fraction of sp³-hybridized carbons (Fsp3) is 0.286. The molecule has 2 heterocycles. The van der Waals surface area contributed by atoms with E-state index < -0.39 is 20.9 Å². The molecule has 1 amide bonds. The first-order chi connectivity index (χ1) is 15.2. The van der Waals surface area contributed by atoms with Gasteiger partial charge in [-0.15, -0.1) is 0 Å². The number of hydrogen-bond donors (Lipinski definition) is 1. The van der Waals surface area contributed by atoms with Crippen LogP contribution in [0.15, 0.2) is 47.8 Å². The molecule has 0 spiro atoms. The number of nitrogens with one attached hydrogen (secondary N) is 1. The maximum Gasteiger partial charge on any atom is 0.257 e. The van der Waals surface area contributed by atoms with Gasteiger partial charge in [0.05, 0.1) is 23.7 Å². The molecule has 0 radical (unpaired) electrons. The number of benzene rings is 1. The molecular formula is C21H20FN3O5S2. The highest BCUT2D eigenvalue weighted by Gasteiger charge is 2.37. The first-order valence-electron chi connectivity index (χ1n) is 9.83. The molecule has 32 heavy (non-hydrogen) atoms. The monoisotopic (exact) mass is 477 g/mol. The molecule has 0 atom stereocenters. The molecule has 2 aromatic heterocycles. The molecule has 1 N–H and O–H groups in total. The number of halogens is 1. The summed E-state index contributed by atoms with van der Waals surface area (Å²) in [6.45, 7) is 3.68. The van der Waals surface area contributed by atoms with Gasteiger partial charge in [-0.1, -0.05) is 11.3 Å². The highest BCUT2D eigenvalue weighted by Crippen LogP contribution is 2.34. The maximum atomic E-state index is 13.2. The first-order valence-corrected chi connectivity index (χ1v) is 12.2. The van der Waals surface area contributed by atoms with Crippen molar-refractivity contribution in [1.29, 1.82) is 0 Å². The van der Waals surface area contributed by atoms with E-state index in [9.17, 15) is 17.6 Å². The van der Waals surface area contributed by atoms with Crippen molar-refractivity contribution in [2.45, 2.75) is 43.1 Å². The van der Waals surface area contributed by atoms with Crippen LogP contribution in [0.2, 0.25) is 0 Å². The number of aromatic nitrogens is 2. The molecule has 3 aromatic rings. The fourth-order valence-corrected chi connectivity index (χ4v) is 4.96. The molecule has 1 aliphatic carbocycles. The van der Waals surface area contributed by atoms with Crippen molar-refractivity contribution in [3.05, 3.63) is 53.4 Å². The Morgan fingerprint density at radius 3 is 2.47 bits per heavy atom. The number of nitrogens with zero attached hydrogens (tertiary/aromatic N) is 2. The topological polar surface area (TPSA) is 107 Å². The molecule has 11 heteroatoms. The third-order valence-corrected chi connectivity index (χ3v) is 7.29. The molecule has 168 valence electrons. The van der Waals surface area contributed by atoms with E-state index in [4.69, 9.17) is 9.47 Å². The van der Waals surface area contributed by atoms with Gasteiger partial charge in [-0.3, -0.25) is 10.1 Å². The molecule has 1 fully saturated rings. The van der Waals surface area contributed by atoms with Gasteiger partial charge in [0.25, 0.3) is 5.91 Å². The number of ether oxygens (including phenoxy) is 2. The standard InChI is InChI=1S/C21H20FN3O5S2/c1-12(2)29-15-7-13(20(26)25-21-24-11-18(22)31-21)8-16(9-15)30-14-3-6-19(23-10-14)32(27,28)17-4-5-17/h3,6-12,17H,4-5H2,1-2H3,(H,24,25,26). The smallest absolute Gasteiger partial charge is 0.257 e. The molecule has 1 saturated carbocycles. The third kappa shape index (κ3) is 5.22. The minimum Gasteiger partial charge on any atom is -0.491 e. The van der Waals surface area contributed by atoms with E-state index in [2.05, 4.69) is 15.3 Å². The Morgan fingerprint density at radius 1 is 1.12 bits per heavy atom. The van der Waals surface area contributed by atoms with Crippen LogP contribution in [0.4, 0.5) is 9.52 Å². The Morgan fingerprint density at radius 2 is 1.88 bits per heavy atom. The molecule has 0 unspecified atom stereocenters. The molecule has 4 rings (SSSR count). The molecular weight excluding hydrogens is 457 g/mol. The second-order valence-corrected chi connectivity index (χ2v) is 10.6. The van der Waals surface area contributed by atoms with Crippen molar-refractivity contribution in [3.8, 4) is 17.2 Å². The van der Waals surface area contributed by atoms with Gasteiger partial charge in [-0.05, 0) is 51.0 Å². The Kier molecular flexibility index (Phi) is 6.11. The van der Waals surface area contributed by atoms with Crippen molar-refractivity contribution in [1.82, 2.24) is 9.97 Å². The SMILES string of the molecule is CC(C)Oc1cc(Oc2ccc(S(=O)(=O)C3CC3)nc2)cc(C(=O)Nc2ncc(F)s2)c1. The lowest BCUT2D eigenvalue weighted by molar-refractivity contribution is 0.102. The van der Waals surface area contributed by atoms with Crippen molar-refractivity contribution >= 4 is 32.2 Å². The van der Waals surface area contributed by atoms with Crippen LogP contribution in [-0.2, 0) is 9.84 Å². The van der Waals surface area contributed by atoms with E-state index in [1.807, 2.05) is 13.8 Å². The summed E-state index contributed by atoms with van der Waals surface area (Å²) in [7, 11) is -3.39. The number of amides is 1. The van der Waals surface area contributed by atoms with Crippen molar-refractivity contribution in [3.63, 3.8) is 0 Å². The minimum absolute atomic E-state index is 0.0139. The average Bonchev–Trinajstić information content (AvgIpc) is 3.51. The van der Waals surface area contributed by atoms with Crippen LogP contribution < -0.4 is 14.8 Å². The highest BCUT2D eigenvalue weighted by molar-refractivity contribution is 7.92. The Bertz CT molecular complexity index is 1240. The van der Waals surface area contributed by atoms with Gasteiger partial charge < -0.3 is 9.47 Å². The summed E-state index contributed by atoms with van der Waals surface area (Å²) in [6, 6.07) is 7.55. The van der Waals surface area contributed by atoms with E-state index in [-0.39, 0.29) is 27.1 Å². The third-order valence-electron chi connectivity index (χ3n) is 4.41. The summed E-state index contributed by atoms with van der Waals surface area (Å²) in [6.07, 6.45) is 3.51. The zero-order valence-electron chi connectivity index (χ0n) is 17.2. The maximum absolute atomic E-state index is 13.2. The van der Waals surface area contributed by atoms with Gasteiger partial charge in [0.1, 0.15) is 17.2 Å². The predicted octanol–water partition coefficient (Wildman–Crippen LogP) is 4.45. The minimum atomic E-state index is -3.39. The molecule has 0 saturated heterocycles. The Hall–Kier alpha value is -3.05. The summed E-state index contributed by atoms with van der Waals surface area (Å²) >= 11 is 0.712. The molecule has 8 nitrogen and oxygen atoms in total. The first kappa shape index (κ1) is 22.2. The van der Waals surface area contributed by atoms with Crippen LogP contribution in [0.25, 0.3) is 0 Å². The molecule has 0 bridgehead atoms. The number of sulfone groups is 1. The van der Waals surface area contributed by atoms with Gasteiger partial charge in [0.15, 0.2) is 25.1 Å². The number of hydrogen-bond acceptors (Lipinski definition) is 8.